The van der Waals surface area contributed by atoms with Gasteiger partial charge in [-0.05, 0) is 48.1 Å². The minimum absolute atomic E-state index is 0.0306. The monoisotopic (exact) mass is 325 g/mol. The summed E-state index contributed by atoms with van der Waals surface area (Å²) >= 11 is 1.87. The van der Waals surface area contributed by atoms with Crippen molar-refractivity contribution in [2.24, 2.45) is 5.92 Å². The van der Waals surface area contributed by atoms with Gasteiger partial charge in [-0.2, -0.15) is 11.8 Å². The Morgan fingerprint density at radius 1 is 1.33 bits per heavy atom. The van der Waals surface area contributed by atoms with Crippen LogP contribution in [-0.2, 0) is 10.0 Å². The fourth-order valence-electron chi connectivity index (χ4n) is 1.99. The van der Waals surface area contributed by atoms with E-state index in [1.807, 2.05) is 11.8 Å². The lowest BCUT2D eigenvalue weighted by atomic mass is 10.1. The molecule has 1 atom stereocenters. The van der Waals surface area contributed by atoms with Gasteiger partial charge >= 0.3 is 0 Å². The molecule has 21 heavy (non-hydrogen) atoms. The number of aliphatic hydroxyl groups is 1. The summed E-state index contributed by atoms with van der Waals surface area (Å²) in [5, 5.41) is 8.65. The van der Waals surface area contributed by atoms with Gasteiger partial charge < -0.3 is 5.11 Å². The van der Waals surface area contributed by atoms with Crippen molar-refractivity contribution >= 4 is 21.8 Å². The summed E-state index contributed by atoms with van der Waals surface area (Å²) in [5.41, 5.74) is 0.745. The summed E-state index contributed by atoms with van der Waals surface area (Å²) < 4.78 is 27.0. The molecule has 2 N–H and O–H groups in total. The van der Waals surface area contributed by atoms with Crippen molar-refractivity contribution in [3.8, 4) is 11.8 Å². The molecule has 1 saturated heterocycles. The first-order valence-corrected chi connectivity index (χ1v) is 9.53. The maximum Gasteiger partial charge on any atom is 0.240 e. The van der Waals surface area contributed by atoms with Crippen LogP contribution in [0.2, 0.25) is 0 Å². The highest BCUT2D eigenvalue weighted by molar-refractivity contribution is 7.99. The van der Waals surface area contributed by atoms with Crippen LogP contribution in [0, 0.1) is 17.8 Å². The zero-order chi connectivity index (χ0) is 15.1. The SMILES string of the molecule is O=S(=O)(NCC1CCSC1)c1ccc(C#CCCO)cc1. The lowest BCUT2D eigenvalue weighted by Crippen LogP contribution is -2.29. The van der Waals surface area contributed by atoms with Gasteiger partial charge in [-0.15, -0.1) is 0 Å². The highest BCUT2D eigenvalue weighted by atomic mass is 32.2. The molecular formula is C15H19NO3S2. The van der Waals surface area contributed by atoms with Crippen LogP contribution < -0.4 is 4.72 Å². The Kier molecular flexibility index (Phi) is 6.12. The Morgan fingerprint density at radius 2 is 2.10 bits per heavy atom. The topological polar surface area (TPSA) is 66.4 Å². The maximum atomic E-state index is 12.2. The summed E-state index contributed by atoms with van der Waals surface area (Å²) in [6.07, 6.45) is 1.49. The van der Waals surface area contributed by atoms with Gasteiger partial charge in [0.05, 0.1) is 11.5 Å². The van der Waals surface area contributed by atoms with E-state index in [0.29, 0.717) is 18.9 Å². The third kappa shape index (κ3) is 5.04. The van der Waals surface area contributed by atoms with Gasteiger partial charge in [-0.3, -0.25) is 0 Å². The first kappa shape index (κ1) is 16.4. The molecule has 114 valence electrons. The van der Waals surface area contributed by atoms with Crippen molar-refractivity contribution in [2.75, 3.05) is 24.7 Å². The van der Waals surface area contributed by atoms with Crippen molar-refractivity contribution in [3.05, 3.63) is 29.8 Å². The molecular weight excluding hydrogens is 306 g/mol. The van der Waals surface area contributed by atoms with E-state index in [2.05, 4.69) is 16.6 Å². The second-order valence-corrected chi connectivity index (χ2v) is 7.80. The van der Waals surface area contributed by atoms with E-state index < -0.39 is 10.0 Å². The Balaban J connectivity index is 1.98. The van der Waals surface area contributed by atoms with Crippen molar-refractivity contribution < 1.29 is 13.5 Å². The number of sulfonamides is 1. The average Bonchev–Trinajstić information content (AvgIpc) is 3.00. The number of nitrogens with one attached hydrogen (secondary N) is 1. The predicted octanol–water partition coefficient (Wildman–Crippen LogP) is 1.45. The molecule has 1 unspecified atom stereocenters. The van der Waals surface area contributed by atoms with Crippen LogP contribution in [0.1, 0.15) is 18.4 Å². The van der Waals surface area contributed by atoms with Crippen LogP contribution in [0.5, 0.6) is 0 Å². The lowest BCUT2D eigenvalue weighted by Gasteiger charge is -2.10. The van der Waals surface area contributed by atoms with Crippen LogP contribution >= 0.6 is 11.8 Å². The molecule has 1 aliphatic rings. The van der Waals surface area contributed by atoms with Crippen molar-refractivity contribution in [1.29, 1.82) is 0 Å². The fraction of sp³-hybridized carbons (Fsp3) is 0.467. The van der Waals surface area contributed by atoms with Crippen molar-refractivity contribution in [3.63, 3.8) is 0 Å². The van der Waals surface area contributed by atoms with Crippen molar-refractivity contribution in [1.82, 2.24) is 4.72 Å². The molecule has 1 aliphatic heterocycles. The number of benzene rings is 1. The zero-order valence-corrected chi connectivity index (χ0v) is 13.3. The molecule has 2 rings (SSSR count). The summed E-state index contributed by atoms with van der Waals surface area (Å²) in [5.74, 6) is 8.26. The van der Waals surface area contributed by atoms with E-state index in [9.17, 15) is 8.42 Å². The van der Waals surface area contributed by atoms with Gasteiger partial charge in [0.2, 0.25) is 10.0 Å². The van der Waals surface area contributed by atoms with Crippen molar-refractivity contribution in [2.45, 2.75) is 17.7 Å². The molecule has 1 aromatic rings. The summed E-state index contributed by atoms with van der Waals surface area (Å²) in [4.78, 5) is 0.265. The van der Waals surface area contributed by atoms with E-state index in [4.69, 9.17) is 5.11 Å². The molecule has 1 aromatic carbocycles. The Hall–Kier alpha value is -1.00. The van der Waals surface area contributed by atoms with E-state index in [0.717, 1.165) is 23.5 Å². The number of aliphatic hydroxyl groups excluding tert-OH is 1. The molecule has 0 saturated carbocycles. The summed E-state index contributed by atoms with van der Waals surface area (Å²) in [6, 6.07) is 6.50. The number of hydrogen-bond donors (Lipinski definition) is 2. The highest BCUT2D eigenvalue weighted by Gasteiger charge is 2.19. The van der Waals surface area contributed by atoms with E-state index in [1.165, 1.54) is 0 Å². The van der Waals surface area contributed by atoms with Crippen LogP contribution in [0.4, 0.5) is 0 Å². The Bertz CT molecular complexity index is 609. The van der Waals surface area contributed by atoms with Gasteiger partial charge in [0.1, 0.15) is 0 Å². The van der Waals surface area contributed by atoms with Gasteiger partial charge in [-0.1, -0.05) is 11.8 Å². The van der Waals surface area contributed by atoms with Crippen LogP contribution in [0.25, 0.3) is 0 Å². The van der Waals surface area contributed by atoms with Crippen LogP contribution in [-0.4, -0.2) is 38.2 Å². The third-order valence-electron chi connectivity index (χ3n) is 3.22. The minimum Gasteiger partial charge on any atom is -0.395 e. The minimum atomic E-state index is -3.44. The van der Waals surface area contributed by atoms with Gasteiger partial charge in [0.25, 0.3) is 0 Å². The zero-order valence-electron chi connectivity index (χ0n) is 11.7. The van der Waals surface area contributed by atoms with Crippen LogP contribution in [0.15, 0.2) is 29.2 Å². The molecule has 1 fully saturated rings. The van der Waals surface area contributed by atoms with E-state index in [-0.39, 0.29) is 11.5 Å². The predicted molar refractivity (Wildman–Crippen MR) is 85.6 cm³/mol. The molecule has 0 aromatic heterocycles. The van der Waals surface area contributed by atoms with Gasteiger partial charge in [0.15, 0.2) is 0 Å². The Morgan fingerprint density at radius 3 is 2.71 bits per heavy atom. The molecule has 1 heterocycles. The second kappa shape index (κ2) is 7.85. The average molecular weight is 325 g/mol. The standard InChI is InChI=1S/C15H19NO3S2/c17-9-2-1-3-13-4-6-15(7-5-13)21(18,19)16-11-14-8-10-20-12-14/h4-7,14,16-17H,2,8-12H2. The lowest BCUT2D eigenvalue weighted by molar-refractivity contribution is 0.305. The van der Waals surface area contributed by atoms with Gasteiger partial charge in [-0.25, -0.2) is 13.1 Å². The Labute approximate surface area is 130 Å². The summed E-state index contributed by atoms with van der Waals surface area (Å²) in [7, 11) is -3.44. The molecule has 0 aliphatic carbocycles. The van der Waals surface area contributed by atoms with E-state index in [1.54, 1.807) is 24.3 Å². The van der Waals surface area contributed by atoms with E-state index >= 15 is 0 Å². The molecule has 0 amide bonds. The molecule has 0 bridgehead atoms. The molecule has 6 heteroatoms. The maximum absolute atomic E-state index is 12.2. The largest absolute Gasteiger partial charge is 0.395 e. The third-order valence-corrected chi connectivity index (χ3v) is 5.89. The molecule has 0 spiro atoms. The number of rotatable bonds is 5. The van der Waals surface area contributed by atoms with Gasteiger partial charge in [0, 0.05) is 18.5 Å². The fourth-order valence-corrected chi connectivity index (χ4v) is 4.39. The molecule has 0 radical (unpaired) electrons. The smallest absolute Gasteiger partial charge is 0.240 e. The first-order chi connectivity index (χ1) is 10.1. The second-order valence-electron chi connectivity index (χ2n) is 4.88. The number of hydrogen-bond acceptors (Lipinski definition) is 4. The molecule has 4 nitrogen and oxygen atoms in total. The normalized spacial score (nSPS) is 18.2. The number of thioether (sulfide) groups is 1. The highest BCUT2D eigenvalue weighted by Crippen LogP contribution is 2.23. The summed E-state index contributed by atoms with van der Waals surface area (Å²) in [6.45, 7) is 0.538. The first-order valence-electron chi connectivity index (χ1n) is 6.89. The quantitative estimate of drug-likeness (QED) is 0.804. The van der Waals surface area contributed by atoms with Crippen LogP contribution in [0.3, 0.4) is 0 Å².